The fourth-order valence-electron chi connectivity index (χ4n) is 3.13. The molecule has 0 saturated carbocycles. The molecule has 0 radical (unpaired) electrons. The van der Waals surface area contributed by atoms with Crippen molar-refractivity contribution in [3.8, 4) is 22.8 Å². The molecule has 0 fully saturated rings. The lowest BCUT2D eigenvalue weighted by atomic mass is 10.1. The summed E-state index contributed by atoms with van der Waals surface area (Å²) in [5, 5.41) is 6.61. The van der Waals surface area contributed by atoms with Gasteiger partial charge in [-0.2, -0.15) is 0 Å². The van der Waals surface area contributed by atoms with Crippen LogP contribution in [-0.2, 0) is 4.74 Å². The Bertz CT molecular complexity index is 1050. The van der Waals surface area contributed by atoms with Crippen LogP contribution in [0.1, 0.15) is 13.3 Å². The van der Waals surface area contributed by atoms with Gasteiger partial charge in [-0.3, -0.25) is 0 Å². The first-order valence-electron chi connectivity index (χ1n) is 9.69. The molecule has 3 aromatic rings. The average Bonchev–Trinajstić information content (AvgIpc) is 2.79. The minimum Gasteiger partial charge on any atom is -0.494 e. The summed E-state index contributed by atoms with van der Waals surface area (Å²) in [6.45, 7) is 2.43. The van der Waals surface area contributed by atoms with Gasteiger partial charge in [0.25, 0.3) is 0 Å². The van der Waals surface area contributed by atoms with Crippen molar-refractivity contribution in [2.24, 2.45) is 0 Å². The Hall–Kier alpha value is -3.27. The summed E-state index contributed by atoms with van der Waals surface area (Å²) < 4.78 is 45.6. The number of halogens is 2. The Balaban J connectivity index is 2.23. The zero-order valence-electron chi connectivity index (χ0n) is 18.0. The van der Waals surface area contributed by atoms with E-state index in [1.54, 1.807) is 20.4 Å². The van der Waals surface area contributed by atoms with Crippen LogP contribution in [-0.4, -0.2) is 56.0 Å². The Labute approximate surface area is 179 Å². The van der Waals surface area contributed by atoms with E-state index in [2.05, 4.69) is 25.6 Å². The molecule has 1 aromatic carbocycles. The van der Waals surface area contributed by atoms with Gasteiger partial charge in [-0.05, 0) is 12.5 Å². The van der Waals surface area contributed by atoms with Crippen molar-refractivity contribution in [3.63, 3.8) is 0 Å². The maximum absolute atomic E-state index is 15.1. The monoisotopic (exact) mass is 433 g/mol. The third-order valence-corrected chi connectivity index (χ3v) is 4.91. The van der Waals surface area contributed by atoms with Gasteiger partial charge in [0, 0.05) is 38.4 Å². The first-order valence-corrected chi connectivity index (χ1v) is 9.69. The zero-order chi connectivity index (χ0) is 22.5. The largest absolute Gasteiger partial charge is 0.494 e. The molecule has 31 heavy (non-hydrogen) atoms. The van der Waals surface area contributed by atoms with E-state index in [1.165, 1.54) is 20.3 Å². The minimum atomic E-state index is -0.880. The predicted octanol–water partition coefficient (Wildman–Crippen LogP) is 3.87. The smallest absolute Gasteiger partial charge is 0.223 e. The van der Waals surface area contributed by atoms with Gasteiger partial charge >= 0.3 is 0 Å². The lowest BCUT2D eigenvalue weighted by Crippen LogP contribution is -2.21. The van der Waals surface area contributed by atoms with Crippen LogP contribution in [0.2, 0.25) is 0 Å². The molecule has 0 spiro atoms. The summed E-state index contributed by atoms with van der Waals surface area (Å²) in [5.74, 6) is -1.33. The fourth-order valence-corrected chi connectivity index (χ4v) is 3.13. The molecule has 2 aromatic heterocycles. The summed E-state index contributed by atoms with van der Waals surface area (Å²) in [5.41, 5.74) is 0.191. The van der Waals surface area contributed by atoms with Crippen LogP contribution in [0.15, 0.2) is 18.3 Å². The Morgan fingerprint density at radius 2 is 1.71 bits per heavy atom. The van der Waals surface area contributed by atoms with Crippen LogP contribution in [0, 0.1) is 11.6 Å². The number of nitrogens with zero attached hydrogens (tertiary/aromatic N) is 3. The van der Waals surface area contributed by atoms with E-state index in [4.69, 9.17) is 14.2 Å². The van der Waals surface area contributed by atoms with Gasteiger partial charge in [-0.25, -0.2) is 23.7 Å². The van der Waals surface area contributed by atoms with Crippen molar-refractivity contribution in [1.29, 1.82) is 0 Å². The number of nitrogens with one attached hydrogen (secondary N) is 2. The lowest BCUT2D eigenvalue weighted by Gasteiger charge is -2.17. The molecule has 0 aliphatic rings. The molecular formula is C21H25F2N5O3. The van der Waals surface area contributed by atoms with E-state index in [1.807, 2.05) is 6.92 Å². The molecule has 0 saturated heterocycles. The van der Waals surface area contributed by atoms with Gasteiger partial charge in [-0.1, -0.05) is 6.92 Å². The van der Waals surface area contributed by atoms with Crippen LogP contribution in [0.25, 0.3) is 22.2 Å². The van der Waals surface area contributed by atoms with Crippen LogP contribution >= 0.6 is 0 Å². The average molecular weight is 433 g/mol. The third-order valence-electron chi connectivity index (χ3n) is 4.91. The molecule has 1 atom stereocenters. The number of pyridine rings is 1. The summed E-state index contributed by atoms with van der Waals surface area (Å²) in [6.07, 6.45) is 2.26. The second-order valence-electron chi connectivity index (χ2n) is 6.67. The Kier molecular flexibility index (Phi) is 7.01. The van der Waals surface area contributed by atoms with Gasteiger partial charge < -0.3 is 24.8 Å². The van der Waals surface area contributed by atoms with Crippen LogP contribution in [0.3, 0.4) is 0 Å². The van der Waals surface area contributed by atoms with Crippen LogP contribution < -0.4 is 20.1 Å². The first kappa shape index (κ1) is 22.4. The van der Waals surface area contributed by atoms with Crippen LogP contribution in [0.4, 0.5) is 20.5 Å². The molecule has 0 aliphatic heterocycles. The van der Waals surface area contributed by atoms with Crippen LogP contribution in [0.5, 0.6) is 11.5 Å². The van der Waals surface area contributed by atoms with Crippen molar-refractivity contribution < 1.29 is 23.0 Å². The third kappa shape index (κ3) is 4.43. The number of hydrogen-bond donors (Lipinski definition) is 2. The number of benzene rings is 1. The van der Waals surface area contributed by atoms with E-state index in [9.17, 15) is 0 Å². The molecule has 0 aliphatic carbocycles. The molecule has 2 heterocycles. The molecule has 8 nitrogen and oxygen atoms in total. The van der Waals surface area contributed by atoms with E-state index in [0.717, 1.165) is 12.5 Å². The summed E-state index contributed by atoms with van der Waals surface area (Å²) in [7, 11) is 5.90. The van der Waals surface area contributed by atoms with E-state index in [-0.39, 0.29) is 28.9 Å². The van der Waals surface area contributed by atoms with Crippen molar-refractivity contribution >= 4 is 22.7 Å². The number of ether oxygens (including phenoxy) is 3. The number of rotatable bonds is 9. The van der Waals surface area contributed by atoms with E-state index < -0.39 is 11.6 Å². The van der Waals surface area contributed by atoms with Gasteiger partial charge in [0.15, 0.2) is 29.0 Å². The Morgan fingerprint density at radius 3 is 2.26 bits per heavy atom. The summed E-state index contributed by atoms with van der Waals surface area (Å²) in [6, 6.07) is 2.68. The highest BCUT2D eigenvalue weighted by Crippen LogP contribution is 2.38. The van der Waals surface area contributed by atoms with E-state index in [0.29, 0.717) is 29.2 Å². The quantitative estimate of drug-likeness (QED) is 0.526. The molecule has 10 heteroatoms. The highest BCUT2D eigenvalue weighted by atomic mass is 19.1. The number of methoxy groups -OCH3 is 3. The molecule has 3 rings (SSSR count). The van der Waals surface area contributed by atoms with Gasteiger partial charge in [0.1, 0.15) is 5.52 Å². The predicted molar refractivity (Wildman–Crippen MR) is 115 cm³/mol. The lowest BCUT2D eigenvalue weighted by molar-refractivity contribution is 0.110. The highest BCUT2D eigenvalue weighted by Gasteiger charge is 2.24. The molecule has 166 valence electrons. The Morgan fingerprint density at radius 1 is 1.03 bits per heavy atom. The summed E-state index contributed by atoms with van der Waals surface area (Å²) >= 11 is 0. The van der Waals surface area contributed by atoms with Crippen molar-refractivity contribution in [3.05, 3.63) is 30.0 Å². The standard InChI is InChI=1S/C21H25F2N5O3/c1-6-12(29-3)10-25-20-19-11(9-26-21(24-2)28-19)7-13(27-20)16-17(22)14(30-4)8-15(31-5)18(16)23/h7-9,12H,6,10H2,1-5H3,(H,25,27)(H,24,26,28). The number of anilines is 2. The molecule has 2 N–H and O–H groups in total. The second kappa shape index (κ2) is 9.69. The summed E-state index contributed by atoms with van der Waals surface area (Å²) in [4.78, 5) is 13.1. The molecule has 0 amide bonds. The van der Waals surface area contributed by atoms with Crippen molar-refractivity contribution in [1.82, 2.24) is 15.0 Å². The van der Waals surface area contributed by atoms with Gasteiger partial charge in [-0.15, -0.1) is 0 Å². The number of fused-ring (bicyclic) bond motifs is 1. The zero-order valence-corrected chi connectivity index (χ0v) is 18.0. The number of hydrogen-bond acceptors (Lipinski definition) is 8. The maximum Gasteiger partial charge on any atom is 0.223 e. The normalized spacial score (nSPS) is 12.0. The van der Waals surface area contributed by atoms with Crippen molar-refractivity contribution in [2.45, 2.75) is 19.4 Å². The van der Waals surface area contributed by atoms with E-state index >= 15 is 8.78 Å². The second-order valence-corrected chi connectivity index (χ2v) is 6.67. The topological polar surface area (TPSA) is 90.4 Å². The SMILES string of the molecule is CCC(CNc1nc(-c2c(F)c(OC)cc(OC)c2F)cc2cnc(NC)nc12)OC. The molecule has 0 bridgehead atoms. The van der Waals surface area contributed by atoms with Gasteiger partial charge in [0.2, 0.25) is 5.95 Å². The fraction of sp³-hybridized carbons (Fsp3) is 0.381. The van der Waals surface area contributed by atoms with Gasteiger partial charge in [0.05, 0.1) is 31.6 Å². The minimum absolute atomic E-state index is 0.0495. The number of aromatic nitrogens is 3. The van der Waals surface area contributed by atoms with Crippen molar-refractivity contribution in [2.75, 3.05) is 45.6 Å². The first-order chi connectivity index (χ1) is 15.0. The molecular weight excluding hydrogens is 408 g/mol. The molecule has 1 unspecified atom stereocenters. The maximum atomic E-state index is 15.1. The highest BCUT2D eigenvalue weighted by molar-refractivity contribution is 5.92.